The van der Waals surface area contributed by atoms with Crippen molar-refractivity contribution in [3.8, 4) is 22.6 Å². The smallest absolute Gasteiger partial charge is 0.348 e. The van der Waals surface area contributed by atoms with E-state index in [0.29, 0.717) is 28.7 Å². The summed E-state index contributed by atoms with van der Waals surface area (Å²) in [5, 5.41) is 16.2. The van der Waals surface area contributed by atoms with E-state index in [2.05, 4.69) is 4.90 Å². The number of hydrogen-bond donors (Lipinski definition) is 0. The maximum absolute atomic E-state index is 12.0. The molecule has 1 aromatic carbocycles. The van der Waals surface area contributed by atoms with Gasteiger partial charge in [-0.15, -0.1) is 22.7 Å². The maximum Gasteiger partial charge on any atom is 0.348 e. The molecule has 0 atom stereocenters. The van der Waals surface area contributed by atoms with Gasteiger partial charge in [0.15, 0.2) is 0 Å². The molecular formula is C25H22ClN3O5S2. The number of methoxy groups -OCH3 is 1. The molecule has 36 heavy (non-hydrogen) atoms. The number of carbonyl (C=O) groups excluding carboxylic acids is 1. The molecule has 11 heteroatoms. The van der Waals surface area contributed by atoms with E-state index in [9.17, 15) is 14.9 Å². The van der Waals surface area contributed by atoms with Crippen LogP contribution in [0.15, 0.2) is 51.6 Å². The van der Waals surface area contributed by atoms with Crippen molar-refractivity contribution < 1.29 is 18.9 Å². The quantitative estimate of drug-likeness (QED) is 0.143. The molecule has 0 unspecified atom stereocenters. The van der Waals surface area contributed by atoms with Crippen molar-refractivity contribution in [3.63, 3.8) is 0 Å². The van der Waals surface area contributed by atoms with E-state index in [1.54, 1.807) is 23.5 Å². The summed E-state index contributed by atoms with van der Waals surface area (Å²) in [5.74, 6) is 1.51. The minimum absolute atomic E-state index is 0.112. The molecule has 1 saturated heterocycles. The second kappa shape index (κ2) is 10.5. The molecule has 186 valence electrons. The van der Waals surface area contributed by atoms with Gasteiger partial charge in [-0.25, -0.2) is 9.78 Å². The molecule has 0 radical (unpaired) electrons. The van der Waals surface area contributed by atoms with Crippen LogP contribution in [0.25, 0.3) is 22.6 Å². The average Bonchev–Trinajstić information content (AvgIpc) is 3.65. The Morgan fingerprint density at radius 2 is 2.06 bits per heavy atom. The molecule has 4 heterocycles. The molecule has 8 nitrogen and oxygen atoms in total. The first kappa shape index (κ1) is 24.6. The fraction of sp³-hybridized carbons (Fsp3) is 0.280. The summed E-state index contributed by atoms with van der Waals surface area (Å²) in [4.78, 5) is 30.4. The number of piperidine rings is 1. The predicted molar refractivity (Wildman–Crippen MR) is 140 cm³/mol. The summed E-state index contributed by atoms with van der Waals surface area (Å²) < 4.78 is 10.9. The zero-order valence-electron chi connectivity index (χ0n) is 19.3. The number of ether oxygens (including phenoxy) is 1. The van der Waals surface area contributed by atoms with E-state index in [-0.39, 0.29) is 16.7 Å². The molecule has 0 N–H and O–H groups in total. The molecule has 1 fully saturated rings. The van der Waals surface area contributed by atoms with E-state index in [4.69, 9.17) is 25.7 Å². The summed E-state index contributed by atoms with van der Waals surface area (Å²) in [5.41, 5.74) is 2.07. The van der Waals surface area contributed by atoms with Crippen LogP contribution in [-0.4, -0.2) is 41.0 Å². The number of rotatable bonds is 7. The van der Waals surface area contributed by atoms with Gasteiger partial charge in [0, 0.05) is 28.5 Å². The van der Waals surface area contributed by atoms with Gasteiger partial charge in [0.25, 0.3) is 5.69 Å². The van der Waals surface area contributed by atoms with Gasteiger partial charge < -0.3 is 9.15 Å². The van der Waals surface area contributed by atoms with Crippen LogP contribution in [0, 0.1) is 10.1 Å². The number of furan rings is 1. The Balaban J connectivity index is 1.20. The lowest BCUT2D eigenvalue weighted by Gasteiger charge is -2.30. The minimum Gasteiger partial charge on any atom is -0.465 e. The molecule has 4 aromatic rings. The molecule has 5 rings (SSSR count). The number of halogens is 1. The summed E-state index contributed by atoms with van der Waals surface area (Å²) in [6, 6.07) is 10.5. The van der Waals surface area contributed by atoms with E-state index in [1.165, 1.54) is 24.5 Å². The number of carbonyl (C=O) groups is 1. The van der Waals surface area contributed by atoms with Crippen LogP contribution in [0.3, 0.4) is 0 Å². The number of nitro groups is 1. The largest absolute Gasteiger partial charge is 0.465 e. The van der Waals surface area contributed by atoms with Gasteiger partial charge in [-0.3, -0.25) is 15.0 Å². The molecule has 0 aliphatic carbocycles. The van der Waals surface area contributed by atoms with Gasteiger partial charge >= 0.3 is 5.97 Å². The van der Waals surface area contributed by atoms with Crippen LogP contribution in [0.4, 0.5) is 5.69 Å². The normalized spacial score (nSPS) is 14.7. The number of nitro benzene ring substituents is 1. The summed E-state index contributed by atoms with van der Waals surface area (Å²) in [6.07, 6.45) is 1.94. The third-order valence-electron chi connectivity index (χ3n) is 6.24. The standard InChI is InChI=1S/C25H22ClN3O5S2/c1-33-25(30)23-18(8-11-35-23)22-5-3-17(34-22)13-28-9-6-15(7-10-28)24-27-20(14-36-24)16-2-4-19(26)21(12-16)29(31)32/h2-5,8,11-12,14-15H,6-7,9-10,13H2,1H3. The average molecular weight is 544 g/mol. The third kappa shape index (κ3) is 5.08. The SMILES string of the molecule is COC(=O)c1sccc1-c1ccc(CN2CCC(c3nc(-c4ccc(Cl)c([N+](=O)[O-])c4)cs3)CC2)o1. The van der Waals surface area contributed by atoms with Crippen LogP contribution >= 0.6 is 34.3 Å². The third-order valence-corrected chi connectivity index (χ3v) is 8.46. The van der Waals surface area contributed by atoms with Crippen LogP contribution < -0.4 is 0 Å². The number of nitrogens with zero attached hydrogens (tertiary/aromatic N) is 3. The highest BCUT2D eigenvalue weighted by Crippen LogP contribution is 2.36. The molecule has 1 aliphatic heterocycles. The molecule has 0 amide bonds. The minimum atomic E-state index is -0.477. The molecule has 1 aliphatic rings. The van der Waals surface area contributed by atoms with Gasteiger partial charge in [0.05, 0.1) is 29.3 Å². The first-order valence-corrected chi connectivity index (χ1v) is 13.4. The van der Waals surface area contributed by atoms with Crippen molar-refractivity contribution in [2.45, 2.75) is 25.3 Å². The van der Waals surface area contributed by atoms with Gasteiger partial charge in [-0.1, -0.05) is 17.7 Å². The van der Waals surface area contributed by atoms with Crippen molar-refractivity contribution in [1.29, 1.82) is 0 Å². The first-order valence-electron chi connectivity index (χ1n) is 11.3. The number of thiazole rings is 1. The molecule has 0 saturated carbocycles. The Kier molecular flexibility index (Phi) is 7.20. The molecule has 0 bridgehead atoms. The Labute approximate surface area is 220 Å². The molecule has 0 spiro atoms. The van der Waals surface area contributed by atoms with Crippen LogP contribution in [0.2, 0.25) is 5.02 Å². The topological polar surface area (TPSA) is 98.7 Å². The molecule has 3 aromatic heterocycles. The fourth-order valence-corrected chi connectivity index (χ4v) is 6.34. The maximum atomic E-state index is 12.0. The van der Waals surface area contributed by atoms with E-state index >= 15 is 0 Å². The van der Waals surface area contributed by atoms with E-state index < -0.39 is 4.92 Å². The second-order valence-corrected chi connectivity index (χ2v) is 10.7. The van der Waals surface area contributed by atoms with Gasteiger partial charge in [0.1, 0.15) is 21.4 Å². The summed E-state index contributed by atoms with van der Waals surface area (Å²) in [7, 11) is 1.37. The Hall–Kier alpha value is -3.05. The summed E-state index contributed by atoms with van der Waals surface area (Å²) >= 11 is 8.87. The number of benzene rings is 1. The highest BCUT2D eigenvalue weighted by molar-refractivity contribution is 7.12. The zero-order chi connectivity index (χ0) is 25.2. The second-order valence-electron chi connectivity index (χ2n) is 8.47. The van der Waals surface area contributed by atoms with Gasteiger partial charge in [-0.05, 0) is 55.6 Å². The van der Waals surface area contributed by atoms with Crippen molar-refractivity contribution in [1.82, 2.24) is 9.88 Å². The van der Waals surface area contributed by atoms with Gasteiger partial charge in [0.2, 0.25) is 0 Å². The lowest BCUT2D eigenvalue weighted by molar-refractivity contribution is -0.384. The first-order chi connectivity index (χ1) is 17.4. The molecular weight excluding hydrogens is 522 g/mol. The number of aromatic nitrogens is 1. The van der Waals surface area contributed by atoms with Crippen molar-refractivity contribution >= 4 is 45.9 Å². The lowest BCUT2D eigenvalue weighted by atomic mass is 9.97. The number of hydrogen-bond acceptors (Lipinski definition) is 9. The van der Waals surface area contributed by atoms with Crippen molar-refractivity contribution in [2.75, 3.05) is 20.2 Å². The fourth-order valence-electron chi connectivity index (χ4n) is 4.34. The van der Waals surface area contributed by atoms with Crippen LogP contribution in [0.5, 0.6) is 0 Å². The summed E-state index contributed by atoms with van der Waals surface area (Å²) in [6.45, 7) is 2.52. The zero-order valence-corrected chi connectivity index (χ0v) is 21.7. The Bertz CT molecular complexity index is 1400. The number of thiophene rings is 1. The van der Waals surface area contributed by atoms with Crippen LogP contribution in [0.1, 0.15) is 39.2 Å². The number of likely N-dealkylation sites (tertiary alicyclic amines) is 1. The van der Waals surface area contributed by atoms with Gasteiger partial charge in [-0.2, -0.15) is 0 Å². The highest BCUT2D eigenvalue weighted by Gasteiger charge is 2.25. The van der Waals surface area contributed by atoms with Crippen LogP contribution in [-0.2, 0) is 11.3 Å². The number of esters is 1. The predicted octanol–water partition coefficient (Wildman–Crippen LogP) is 6.86. The Morgan fingerprint density at radius 3 is 2.81 bits per heavy atom. The van der Waals surface area contributed by atoms with E-state index in [1.807, 2.05) is 29.0 Å². The highest BCUT2D eigenvalue weighted by atomic mass is 35.5. The monoisotopic (exact) mass is 543 g/mol. The van der Waals surface area contributed by atoms with Crippen molar-refractivity contribution in [3.05, 3.63) is 77.9 Å². The lowest BCUT2D eigenvalue weighted by Crippen LogP contribution is -2.32. The Morgan fingerprint density at radius 1 is 1.25 bits per heavy atom. The van der Waals surface area contributed by atoms with E-state index in [0.717, 1.165) is 48.0 Å². The van der Waals surface area contributed by atoms with Crippen molar-refractivity contribution in [2.24, 2.45) is 0 Å².